The number of ether oxygens (including phenoxy) is 1. The quantitative estimate of drug-likeness (QED) is 0.196. The van der Waals surface area contributed by atoms with Gasteiger partial charge in [0, 0.05) is 24.4 Å². The third-order valence-electron chi connectivity index (χ3n) is 9.49. The molecule has 4 rings (SSSR count). The Labute approximate surface area is 215 Å². The number of carbonyl (C=O) groups excluding carboxylic acids is 1. The zero-order chi connectivity index (χ0) is 24.5. The van der Waals surface area contributed by atoms with E-state index in [1.807, 2.05) is 6.08 Å². The highest BCUT2D eigenvalue weighted by molar-refractivity contribution is 5.49. The Morgan fingerprint density at radius 2 is 1.91 bits per heavy atom. The van der Waals surface area contributed by atoms with Gasteiger partial charge in [-0.1, -0.05) is 70.1 Å². The van der Waals surface area contributed by atoms with Gasteiger partial charge in [-0.3, -0.25) is 0 Å². The van der Waals surface area contributed by atoms with Gasteiger partial charge in [-0.25, -0.2) is 0 Å². The number of fused-ring (bicyclic) bond motifs is 1. The summed E-state index contributed by atoms with van der Waals surface area (Å²) in [5, 5.41) is 0. The van der Waals surface area contributed by atoms with Crippen LogP contribution in [-0.2, 0) is 9.53 Å². The smallest absolute Gasteiger partial charge is 0.120 e. The van der Waals surface area contributed by atoms with Gasteiger partial charge in [0.25, 0.3) is 0 Å². The summed E-state index contributed by atoms with van der Waals surface area (Å²) >= 11 is 0. The van der Waals surface area contributed by atoms with Crippen LogP contribution in [0.2, 0.25) is 0 Å². The van der Waals surface area contributed by atoms with Gasteiger partial charge in [0.2, 0.25) is 0 Å². The highest BCUT2D eigenvalue weighted by atomic mass is 16.5. The van der Waals surface area contributed by atoms with Crippen molar-refractivity contribution in [1.29, 1.82) is 0 Å². The number of carbonyl (C=O) groups is 1. The Kier molecular flexibility index (Phi) is 10.5. The minimum atomic E-state index is 0.185. The minimum absolute atomic E-state index is 0.185. The van der Waals surface area contributed by atoms with Crippen molar-refractivity contribution >= 4 is 6.29 Å². The van der Waals surface area contributed by atoms with Gasteiger partial charge in [0.1, 0.15) is 6.29 Å². The van der Waals surface area contributed by atoms with Crippen LogP contribution in [0.5, 0.6) is 0 Å². The molecule has 1 aliphatic heterocycles. The maximum Gasteiger partial charge on any atom is 0.120 e. The third kappa shape index (κ3) is 7.34. The molecule has 3 nitrogen and oxygen atoms in total. The van der Waals surface area contributed by atoms with Crippen LogP contribution in [0.4, 0.5) is 0 Å². The summed E-state index contributed by atoms with van der Waals surface area (Å²) in [7, 11) is 0. The van der Waals surface area contributed by atoms with Crippen molar-refractivity contribution < 1.29 is 9.53 Å². The highest BCUT2D eigenvalue weighted by Gasteiger charge is 2.42. The number of hydrogen-bond donors (Lipinski definition) is 0. The summed E-state index contributed by atoms with van der Waals surface area (Å²) in [5.41, 5.74) is 1.73. The molecule has 6 unspecified atom stereocenters. The van der Waals surface area contributed by atoms with Crippen molar-refractivity contribution in [3.8, 4) is 0 Å². The molecule has 1 heterocycles. The third-order valence-corrected chi connectivity index (χ3v) is 9.49. The van der Waals surface area contributed by atoms with Crippen molar-refractivity contribution in [3.63, 3.8) is 0 Å². The first-order chi connectivity index (χ1) is 17.2. The van der Waals surface area contributed by atoms with Gasteiger partial charge in [-0.2, -0.15) is 0 Å². The fourth-order valence-electron chi connectivity index (χ4n) is 7.40. The van der Waals surface area contributed by atoms with E-state index < -0.39 is 0 Å². The first-order valence-electron chi connectivity index (χ1n) is 15.1. The van der Waals surface area contributed by atoms with Crippen molar-refractivity contribution in [2.24, 2.45) is 17.8 Å². The summed E-state index contributed by atoms with van der Waals surface area (Å²) in [6.45, 7) is 6.24. The maximum atomic E-state index is 11.0. The molecule has 3 aliphatic carbocycles. The van der Waals surface area contributed by atoms with Gasteiger partial charge < -0.3 is 14.4 Å². The lowest BCUT2D eigenvalue weighted by molar-refractivity contribution is -0.108. The largest absolute Gasteiger partial charge is 0.368 e. The Balaban J connectivity index is 1.39. The summed E-state index contributed by atoms with van der Waals surface area (Å²) in [4.78, 5) is 13.8. The SMILES string of the molecule is C=CC(CCCC)OC1C=CC(N2C=C(CCC3CCCCC3)C3CC(CCC=O)CCC32)CC1. The zero-order valence-electron chi connectivity index (χ0n) is 22.4. The molecule has 0 aromatic carbocycles. The lowest BCUT2D eigenvalue weighted by atomic mass is 9.73. The molecule has 3 heteroatoms. The molecule has 0 spiro atoms. The second-order valence-corrected chi connectivity index (χ2v) is 11.9. The molecular weight excluding hydrogens is 430 g/mol. The minimum Gasteiger partial charge on any atom is -0.368 e. The number of aldehydes is 1. The zero-order valence-corrected chi connectivity index (χ0v) is 22.4. The van der Waals surface area contributed by atoms with Crippen LogP contribution in [0, 0.1) is 17.8 Å². The van der Waals surface area contributed by atoms with Crippen LogP contribution in [0.15, 0.2) is 36.6 Å². The van der Waals surface area contributed by atoms with Crippen molar-refractivity contribution in [1.82, 2.24) is 4.90 Å². The predicted octanol–water partition coefficient (Wildman–Crippen LogP) is 8.16. The van der Waals surface area contributed by atoms with Crippen LogP contribution in [0.3, 0.4) is 0 Å². The number of rotatable bonds is 13. The highest BCUT2D eigenvalue weighted by Crippen LogP contribution is 2.46. The van der Waals surface area contributed by atoms with Crippen LogP contribution in [-0.4, -0.2) is 35.5 Å². The average Bonchev–Trinajstić information content (AvgIpc) is 3.27. The normalized spacial score (nSPS) is 32.2. The molecule has 0 N–H and O–H groups in total. The fraction of sp³-hybridized carbons (Fsp3) is 0.781. The standard InChI is InChI=1S/C32H51NO2/c1-3-5-13-29(4-2)35-30-19-17-28(18-20-30)33-24-27(16-14-25-10-7-6-8-11-25)31-23-26(12-9-22-34)15-21-32(31)33/h4,17,19,22,24-26,28-32H,2-3,5-16,18,20-21,23H2,1H3. The van der Waals surface area contributed by atoms with E-state index >= 15 is 0 Å². The van der Waals surface area contributed by atoms with Crippen molar-refractivity contribution in [2.45, 2.75) is 140 Å². The van der Waals surface area contributed by atoms with Crippen LogP contribution in [0.25, 0.3) is 0 Å². The summed E-state index contributed by atoms with van der Waals surface area (Å²) in [5.74, 6) is 2.40. The molecule has 196 valence electrons. The topological polar surface area (TPSA) is 29.5 Å². The Morgan fingerprint density at radius 3 is 2.63 bits per heavy atom. The molecule has 0 amide bonds. The lowest BCUT2D eigenvalue weighted by Gasteiger charge is -2.41. The van der Waals surface area contributed by atoms with E-state index in [0.29, 0.717) is 18.0 Å². The van der Waals surface area contributed by atoms with Crippen molar-refractivity contribution in [2.75, 3.05) is 0 Å². The van der Waals surface area contributed by atoms with E-state index in [1.54, 1.807) is 5.57 Å². The Bertz CT molecular complexity index is 721. The molecule has 0 saturated heterocycles. The average molecular weight is 482 g/mol. The molecule has 0 radical (unpaired) electrons. The van der Waals surface area contributed by atoms with Gasteiger partial charge in [0.05, 0.1) is 12.2 Å². The number of hydrogen-bond acceptors (Lipinski definition) is 3. The van der Waals surface area contributed by atoms with Gasteiger partial charge in [-0.15, -0.1) is 6.58 Å². The van der Waals surface area contributed by atoms with Crippen LogP contribution < -0.4 is 0 Å². The van der Waals surface area contributed by atoms with Crippen molar-refractivity contribution in [3.05, 3.63) is 36.6 Å². The molecular formula is C32H51NO2. The van der Waals surface area contributed by atoms with E-state index in [0.717, 1.165) is 43.8 Å². The predicted molar refractivity (Wildman–Crippen MR) is 146 cm³/mol. The molecule has 0 aromatic rings. The summed E-state index contributed by atoms with van der Waals surface area (Å²) in [6.07, 6.45) is 32.3. The van der Waals surface area contributed by atoms with E-state index in [1.165, 1.54) is 83.5 Å². The molecule has 0 aromatic heterocycles. The van der Waals surface area contributed by atoms with E-state index in [2.05, 4.69) is 36.8 Å². The Hall–Kier alpha value is -1.35. The second-order valence-electron chi connectivity index (χ2n) is 11.9. The fourth-order valence-corrected chi connectivity index (χ4v) is 7.40. The van der Waals surface area contributed by atoms with Crippen LogP contribution in [0.1, 0.15) is 116 Å². The first-order valence-corrected chi connectivity index (χ1v) is 15.1. The lowest BCUT2D eigenvalue weighted by Crippen LogP contribution is -2.43. The number of nitrogens with zero attached hydrogens (tertiary/aromatic N) is 1. The van der Waals surface area contributed by atoms with E-state index in [4.69, 9.17) is 4.74 Å². The van der Waals surface area contributed by atoms with Gasteiger partial charge in [0.15, 0.2) is 0 Å². The van der Waals surface area contributed by atoms with Crippen LogP contribution >= 0.6 is 0 Å². The summed E-state index contributed by atoms with van der Waals surface area (Å²) in [6, 6.07) is 1.18. The second kappa shape index (κ2) is 13.8. The molecule has 4 aliphatic rings. The Morgan fingerprint density at radius 1 is 1.06 bits per heavy atom. The molecule has 6 atom stereocenters. The molecule has 2 saturated carbocycles. The maximum absolute atomic E-state index is 11.0. The first kappa shape index (κ1) is 26.7. The van der Waals surface area contributed by atoms with E-state index in [9.17, 15) is 4.79 Å². The van der Waals surface area contributed by atoms with Gasteiger partial charge >= 0.3 is 0 Å². The monoisotopic (exact) mass is 481 g/mol. The van der Waals surface area contributed by atoms with Gasteiger partial charge in [-0.05, 0) is 81.4 Å². The molecule has 35 heavy (non-hydrogen) atoms. The number of unbranched alkanes of at least 4 members (excludes halogenated alkanes) is 1. The van der Waals surface area contributed by atoms with E-state index in [-0.39, 0.29) is 12.2 Å². The molecule has 2 fully saturated rings. The molecule has 0 bridgehead atoms. The summed E-state index contributed by atoms with van der Waals surface area (Å²) < 4.78 is 6.37.